The maximum absolute atomic E-state index is 13.8. The van der Waals surface area contributed by atoms with Crippen LogP contribution >= 0.6 is 11.3 Å². The van der Waals surface area contributed by atoms with Crippen LogP contribution in [0.1, 0.15) is 0 Å². The number of nitrogens with zero attached hydrogens (tertiary/aromatic N) is 1. The van der Waals surface area contributed by atoms with E-state index in [1.54, 1.807) is 11.4 Å². The second kappa shape index (κ2) is 7.13. The normalized spacial score (nSPS) is 12.3. The highest BCUT2D eigenvalue weighted by atomic mass is 32.2. The first-order valence-electron chi connectivity index (χ1n) is 6.58. The SMILES string of the molecule is CS(=O)(=O)N(CCNS(=O)(=O)c1cccs1)c1c(F)cccc1F. The first-order valence-corrected chi connectivity index (χ1v) is 10.8. The van der Waals surface area contributed by atoms with E-state index < -0.39 is 43.9 Å². The summed E-state index contributed by atoms with van der Waals surface area (Å²) in [5, 5.41) is 1.58. The molecule has 0 saturated carbocycles. The van der Waals surface area contributed by atoms with Crippen molar-refractivity contribution in [3.63, 3.8) is 0 Å². The summed E-state index contributed by atoms with van der Waals surface area (Å²) in [6.07, 6.45) is 0.784. The van der Waals surface area contributed by atoms with E-state index in [0.717, 1.165) is 35.8 Å². The molecule has 0 spiro atoms. The Bertz CT molecular complexity index is 892. The summed E-state index contributed by atoms with van der Waals surface area (Å²) >= 11 is 0.993. The summed E-state index contributed by atoms with van der Waals surface area (Å²) < 4.78 is 78.1. The van der Waals surface area contributed by atoms with Crippen LogP contribution in [0.25, 0.3) is 0 Å². The van der Waals surface area contributed by atoms with Gasteiger partial charge in [-0.2, -0.15) is 0 Å². The predicted molar refractivity (Wildman–Crippen MR) is 88.1 cm³/mol. The van der Waals surface area contributed by atoms with Gasteiger partial charge in [-0.05, 0) is 23.6 Å². The van der Waals surface area contributed by atoms with Crippen molar-refractivity contribution in [1.29, 1.82) is 0 Å². The Labute approximate surface area is 142 Å². The molecule has 0 saturated heterocycles. The molecule has 2 aromatic rings. The summed E-state index contributed by atoms with van der Waals surface area (Å²) in [7, 11) is -7.81. The number of rotatable bonds is 7. The minimum absolute atomic E-state index is 0.0606. The number of nitrogens with one attached hydrogen (secondary N) is 1. The van der Waals surface area contributed by atoms with Gasteiger partial charge in [0.05, 0.1) is 6.26 Å². The van der Waals surface area contributed by atoms with Crippen molar-refractivity contribution >= 4 is 37.1 Å². The fourth-order valence-corrected chi connectivity index (χ4v) is 4.93. The number of para-hydroxylation sites is 1. The molecule has 132 valence electrons. The first-order chi connectivity index (χ1) is 11.1. The Morgan fingerprint density at radius 2 is 1.71 bits per heavy atom. The molecule has 0 unspecified atom stereocenters. The Balaban J connectivity index is 2.20. The van der Waals surface area contributed by atoms with Gasteiger partial charge in [0.1, 0.15) is 9.90 Å². The maximum atomic E-state index is 13.8. The minimum atomic E-state index is -4.01. The summed E-state index contributed by atoms with van der Waals surface area (Å²) in [5.74, 6) is -2.11. The molecule has 0 atom stereocenters. The fourth-order valence-electron chi connectivity index (χ4n) is 1.94. The van der Waals surface area contributed by atoms with Crippen molar-refractivity contribution in [2.75, 3.05) is 23.7 Å². The quantitative estimate of drug-likeness (QED) is 0.773. The molecule has 11 heteroatoms. The third kappa shape index (κ3) is 4.29. The maximum Gasteiger partial charge on any atom is 0.250 e. The van der Waals surface area contributed by atoms with Gasteiger partial charge in [-0.3, -0.25) is 4.31 Å². The zero-order chi connectivity index (χ0) is 18.0. The van der Waals surface area contributed by atoms with Gasteiger partial charge in [0.2, 0.25) is 20.0 Å². The molecule has 1 aromatic carbocycles. The Morgan fingerprint density at radius 1 is 1.08 bits per heavy atom. The molecule has 1 heterocycles. The van der Waals surface area contributed by atoms with E-state index >= 15 is 0 Å². The number of hydrogen-bond donors (Lipinski definition) is 1. The summed E-state index contributed by atoms with van der Waals surface area (Å²) in [6, 6.07) is 5.89. The van der Waals surface area contributed by atoms with Crippen LogP contribution < -0.4 is 9.03 Å². The minimum Gasteiger partial charge on any atom is -0.263 e. The van der Waals surface area contributed by atoms with Crippen LogP contribution in [0.2, 0.25) is 0 Å². The van der Waals surface area contributed by atoms with Crippen molar-refractivity contribution in [2.24, 2.45) is 0 Å². The lowest BCUT2D eigenvalue weighted by molar-refractivity contribution is 0.565. The van der Waals surface area contributed by atoms with E-state index in [2.05, 4.69) is 4.72 Å². The van der Waals surface area contributed by atoms with Crippen LogP contribution in [-0.2, 0) is 20.0 Å². The van der Waals surface area contributed by atoms with Crippen LogP contribution in [-0.4, -0.2) is 36.2 Å². The van der Waals surface area contributed by atoms with Gasteiger partial charge in [0, 0.05) is 13.1 Å². The van der Waals surface area contributed by atoms with E-state index in [4.69, 9.17) is 0 Å². The molecule has 1 N–H and O–H groups in total. The third-order valence-corrected chi connectivity index (χ3v) is 6.98. The van der Waals surface area contributed by atoms with E-state index in [-0.39, 0.29) is 10.8 Å². The molecule has 0 bridgehead atoms. The third-order valence-electron chi connectivity index (χ3n) is 2.95. The molecule has 2 rings (SSSR count). The number of hydrogen-bond acceptors (Lipinski definition) is 5. The highest BCUT2D eigenvalue weighted by Crippen LogP contribution is 2.25. The Morgan fingerprint density at radius 3 is 2.21 bits per heavy atom. The highest BCUT2D eigenvalue weighted by Gasteiger charge is 2.25. The van der Waals surface area contributed by atoms with Crippen LogP contribution in [0.3, 0.4) is 0 Å². The van der Waals surface area contributed by atoms with E-state index in [9.17, 15) is 25.6 Å². The van der Waals surface area contributed by atoms with Crippen molar-refractivity contribution in [2.45, 2.75) is 4.21 Å². The number of halogens is 2. The fraction of sp³-hybridized carbons (Fsp3) is 0.231. The van der Waals surface area contributed by atoms with Crippen molar-refractivity contribution in [3.05, 3.63) is 47.3 Å². The molecule has 0 fully saturated rings. The highest BCUT2D eigenvalue weighted by molar-refractivity contribution is 7.92. The average Bonchev–Trinajstić information content (AvgIpc) is 2.99. The van der Waals surface area contributed by atoms with Crippen molar-refractivity contribution < 1.29 is 25.6 Å². The van der Waals surface area contributed by atoms with Gasteiger partial charge in [-0.25, -0.2) is 30.3 Å². The number of anilines is 1. The summed E-state index contributed by atoms with van der Waals surface area (Å²) in [5.41, 5.74) is -0.740. The van der Waals surface area contributed by atoms with Crippen LogP contribution in [0.5, 0.6) is 0 Å². The standard InChI is InChI=1S/C13H14F2N2O4S3/c1-23(18,19)17(13-10(14)4-2-5-11(13)15)8-7-16-24(20,21)12-6-3-9-22-12/h2-6,9,16H,7-8H2,1H3. The molecular weight excluding hydrogens is 382 g/mol. The number of benzene rings is 1. The lowest BCUT2D eigenvalue weighted by Crippen LogP contribution is -2.39. The zero-order valence-electron chi connectivity index (χ0n) is 12.4. The van der Waals surface area contributed by atoms with Crippen molar-refractivity contribution in [3.8, 4) is 0 Å². The summed E-state index contributed by atoms with van der Waals surface area (Å²) in [6.45, 7) is -0.803. The molecule has 0 amide bonds. The van der Waals surface area contributed by atoms with Gasteiger partial charge in [0.15, 0.2) is 11.6 Å². The molecule has 24 heavy (non-hydrogen) atoms. The van der Waals surface area contributed by atoms with Gasteiger partial charge in [0.25, 0.3) is 0 Å². The second-order valence-corrected chi connectivity index (χ2v) is 9.58. The van der Waals surface area contributed by atoms with Crippen LogP contribution in [0, 0.1) is 11.6 Å². The van der Waals surface area contributed by atoms with Crippen molar-refractivity contribution in [1.82, 2.24) is 4.72 Å². The van der Waals surface area contributed by atoms with Gasteiger partial charge in [-0.15, -0.1) is 11.3 Å². The molecule has 0 aliphatic carbocycles. The molecule has 0 radical (unpaired) electrons. The molecule has 0 aliphatic rings. The topological polar surface area (TPSA) is 83.6 Å². The lowest BCUT2D eigenvalue weighted by atomic mass is 10.3. The first kappa shape index (κ1) is 18.8. The summed E-state index contributed by atoms with van der Waals surface area (Å²) in [4.78, 5) is 0. The number of sulfonamides is 2. The van der Waals surface area contributed by atoms with Crippen LogP contribution in [0.15, 0.2) is 39.9 Å². The van der Waals surface area contributed by atoms with E-state index in [1.165, 1.54) is 6.07 Å². The van der Waals surface area contributed by atoms with E-state index in [1.807, 2.05) is 0 Å². The lowest BCUT2D eigenvalue weighted by Gasteiger charge is -2.23. The Kier molecular flexibility index (Phi) is 5.58. The van der Waals surface area contributed by atoms with Gasteiger partial charge < -0.3 is 0 Å². The molecule has 0 aliphatic heterocycles. The Hall–Kier alpha value is -1.56. The smallest absolute Gasteiger partial charge is 0.250 e. The second-order valence-electron chi connectivity index (χ2n) is 4.74. The van der Waals surface area contributed by atoms with Crippen LogP contribution in [0.4, 0.5) is 14.5 Å². The zero-order valence-corrected chi connectivity index (χ0v) is 14.9. The van der Waals surface area contributed by atoms with Gasteiger partial charge >= 0.3 is 0 Å². The predicted octanol–water partition coefficient (Wildman–Crippen LogP) is 1.77. The molecule has 6 nitrogen and oxygen atoms in total. The average molecular weight is 396 g/mol. The van der Waals surface area contributed by atoms with Gasteiger partial charge in [-0.1, -0.05) is 12.1 Å². The molecular formula is C13H14F2N2O4S3. The largest absolute Gasteiger partial charge is 0.263 e. The monoisotopic (exact) mass is 396 g/mol. The number of thiophene rings is 1. The van der Waals surface area contributed by atoms with E-state index in [0.29, 0.717) is 4.31 Å². The molecule has 1 aromatic heterocycles.